The smallest absolute Gasteiger partial charge is 0.170 e. The van der Waals surface area contributed by atoms with Crippen LogP contribution in [-0.2, 0) is 6.61 Å². The van der Waals surface area contributed by atoms with Crippen LogP contribution in [0.15, 0.2) is 47.2 Å². The summed E-state index contributed by atoms with van der Waals surface area (Å²) in [5.74, 6) is 1.26. The molecule has 4 rings (SSSR count). The van der Waals surface area contributed by atoms with E-state index in [1.165, 1.54) is 0 Å². The van der Waals surface area contributed by atoms with E-state index >= 15 is 0 Å². The van der Waals surface area contributed by atoms with E-state index in [0.717, 1.165) is 27.9 Å². The Morgan fingerprint density at radius 1 is 1.25 bits per heavy atom. The van der Waals surface area contributed by atoms with Gasteiger partial charge in [0.25, 0.3) is 0 Å². The van der Waals surface area contributed by atoms with Gasteiger partial charge in [0.05, 0.1) is 11.8 Å². The molecule has 0 radical (unpaired) electrons. The van der Waals surface area contributed by atoms with Crippen LogP contribution in [0, 0.1) is 6.92 Å². The minimum atomic E-state index is 0.300. The van der Waals surface area contributed by atoms with Gasteiger partial charge >= 0.3 is 0 Å². The normalized spacial score (nSPS) is 11.1. The van der Waals surface area contributed by atoms with Gasteiger partial charge in [0.15, 0.2) is 11.4 Å². The van der Waals surface area contributed by atoms with Gasteiger partial charge in [-0.2, -0.15) is 5.10 Å². The molecule has 7 heteroatoms. The highest BCUT2D eigenvalue weighted by Crippen LogP contribution is 2.35. The van der Waals surface area contributed by atoms with E-state index in [-0.39, 0.29) is 0 Å². The quantitative estimate of drug-likeness (QED) is 0.603. The largest absolute Gasteiger partial charge is 0.486 e. The second kappa shape index (κ2) is 5.98. The zero-order valence-corrected chi connectivity index (χ0v) is 13.5. The molecule has 0 amide bonds. The Kier molecular flexibility index (Phi) is 3.66. The highest BCUT2D eigenvalue weighted by molar-refractivity contribution is 6.31. The lowest BCUT2D eigenvalue weighted by Gasteiger charge is -2.11. The van der Waals surface area contributed by atoms with E-state index in [1.54, 1.807) is 18.5 Å². The Hall–Kier alpha value is -2.86. The summed E-state index contributed by atoms with van der Waals surface area (Å²) in [6.45, 7) is 2.22. The van der Waals surface area contributed by atoms with Gasteiger partial charge < -0.3 is 9.26 Å². The predicted molar refractivity (Wildman–Crippen MR) is 89.9 cm³/mol. The van der Waals surface area contributed by atoms with Crippen molar-refractivity contribution in [1.29, 1.82) is 0 Å². The molecule has 3 aromatic heterocycles. The number of aromatic nitrogens is 4. The average Bonchev–Trinajstić information content (AvgIpc) is 3.25. The van der Waals surface area contributed by atoms with E-state index in [9.17, 15) is 0 Å². The number of nitrogens with zero attached hydrogens (tertiary/aromatic N) is 3. The molecule has 0 spiro atoms. The maximum absolute atomic E-state index is 6.24. The van der Waals surface area contributed by atoms with Gasteiger partial charge in [0, 0.05) is 22.7 Å². The number of hydrogen-bond acceptors (Lipinski definition) is 5. The van der Waals surface area contributed by atoms with Crippen LogP contribution in [0.5, 0.6) is 5.75 Å². The maximum Gasteiger partial charge on any atom is 0.170 e. The number of halogens is 1. The lowest BCUT2D eigenvalue weighted by atomic mass is 10.1. The molecular formula is C17H13ClN4O2. The number of ether oxygens (including phenoxy) is 1. The van der Waals surface area contributed by atoms with Gasteiger partial charge in [-0.1, -0.05) is 16.8 Å². The Morgan fingerprint density at radius 3 is 3.00 bits per heavy atom. The second-order valence-electron chi connectivity index (χ2n) is 5.33. The van der Waals surface area contributed by atoms with Gasteiger partial charge in [-0.25, -0.2) is 4.98 Å². The summed E-state index contributed by atoms with van der Waals surface area (Å²) in [6, 6.07) is 9.29. The number of pyridine rings is 1. The fraction of sp³-hybridized carbons (Fsp3) is 0.118. The summed E-state index contributed by atoms with van der Waals surface area (Å²) >= 11 is 6.24. The van der Waals surface area contributed by atoms with Crippen LogP contribution in [0.3, 0.4) is 0 Å². The van der Waals surface area contributed by atoms with E-state index < -0.39 is 0 Å². The first kappa shape index (κ1) is 14.7. The van der Waals surface area contributed by atoms with Crippen molar-refractivity contribution in [2.75, 3.05) is 0 Å². The van der Waals surface area contributed by atoms with Crippen molar-refractivity contribution < 1.29 is 9.26 Å². The fourth-order valence-corrected chi connectivity index (χ4v) is 2.65. The predicted octanol–water partition coefficient (Wildman–Crippen LogP) is 4.15. The number of benzene rings is 1. The summed E-state index contributed by atoms with van der Waals surface area (Å²) < 4.78 is 11.2. The standard InChI is InChI=1S/C17H13ClN4O2/c1-10-7-16(12(8-13(10)18)15-4-6-20-24-15)23-9-14-11-3-2-5-19-17(11)22-21-14/h2-8H,9H2,1H3,(H,19,21,22). The molecule has 0 aliphatic rings. The summed E-state index contributed by atoms with van der Waals surface area (Å²) in [5.41, 5.74) is 3.19. The monoisotopic (exact) mass is 340 g/mol. The molecule has 120 valence electrons. The van der Waals surface area contributed by atoms with Crippen LogP contribution < -0.4 is 4.74 Å². The highest BCUT2D eigenvalue weighted by Gasteiger charge is 2.14. The molecule has 3 heterocycles. The highest BCUT2D eigenvalue weighted by atomic mass is 35.5. The van der Waals surface area contributed by atoms with Gasteiger partial charge in [0.2, 0.25) is 0 Å². The van der Waals surface area contributed by atoms with Crippen molar-refractivity contribution in [2.45, 2.75) is 13.5 Å². The van der Waals surface area contributed by atoms with E-state index in [2.05, 4.69) is 20.3 Å². The molecule has 0 aliphatic heterocycles. The van der Waals surface area contributed by atoms with Crippen LogP contribution in [-0.4, -0.2) is 20.3 Å². The van der Waals surface area contributed by atoms with Crippen molar-refractivity contribution in [1.82, 2.24) is 20.3 Å². The van der Waals surface area contributed by atoms with E-state index in [4.69, 9.17) is 20.9 Å². The Morgan fingerprint density at radius 2 is 2.17 bits per heavy atom. The molecule has 1 aromatic carbocycles. The van der Waals surface area contributed by atoms with Crippen LogP contribution in [0.25, 0.3) is 22.4 Å². The van der Waals surface area contributed by atoms with E-state index in [1.807, 2.05) is 31.2 Å². The van der Waals surface area contributed by atoms with Gasteiger partial charge in [0.1, 0.15) is 18.1 Å². The Balaban J connectivity index is 1.68. The Bertz CT molecular complexity index is 995. The molecular weight excluding hydrogens is 328 g/mol. The average molecular weight is 341 g/mol. The fourth-order valence-electron chi connectivity index (χ4n) is 2.49. The third-order valence-corrected chi connectivity index (χ3v) is 4.15. The first-order chi connectivity index (χ1) is 11.7. The number of aromatic amines is 1. The van der Waals surface area contributed by atoms with Crippen LogP contribution in [0.1, 0.15) is 11.3 Å². The first-order valence-electron chi connectivity index (χ1n) is 7.34. The molecule has 0 saturated heterocycles. The zero-order chi connectivity index (χ0) is 16.5. The van der Waals surface area contributed by atoms with Gasteiger partial charge in [-0.3, -0.25) is 5.10 Å². The summed E-state index contributed by atoms with van der Waals surface area (Å²) in [4.78, 5) is 4.23. The van der Waals surface area contributed by atoms with Gasteiger partial charge in [-0.15, -0.1) is 0 Å². The molecule has 0 fully saturated rings. The minimum absolute atomic E-state index is 0.300. The lowest BCUT2D eigenvalue weighted by molar-refractivity contribution is 0.302. The van der Waals surface area contributed by atoms with Crippen LogP contribution >= 0.6 is 11.6 Å². The number of nitrogens with one attached hydrogen (secondary N) is 1. The Labute approximate surface area is 142 Å². The summed E-state index contributed by atoms with van der Waals surface area (Å²) in [7, 11) is 0. The molecule has 4 aromatic rings. The van der Waals surface area contributed by atoms with E-state index in [0.29, 0.717) is 23.1 Å². The molecule has 0 saturated carbocycles. The van der Waals surface area contributed by atoms with Crippen molar-refractivity contribution >= 4 is 22.6 Å². The van der Waals surface area contributed by atoms with Crippen LogP contribution in [0.2, 0.25) is 5.02 Å². The van der Waals surface area contributed by atoms with Crippen molar-refractivity contribution in [3.63, 3.8) is 0 Å². The zero-order valence-electron chi connectivity index (χ0n) is 12.8. The van der Waals surface area contributed by atoms with Crippen molar-refractivity contribution in [3.8, 4) is 17.1 Å². The maximum atomic E-state index is 6.24. The van der Waals surface area contributed by atoms with Crippen molar-refractivity contribution in [2.24, 2.45) is 0 Å². The number of fused-ring (bicyclic) bond motifs is 1. The lowest BCUT2D eigenvalue weighted by Crippen LogP contribution is -1.99. The third kappa shape index (κ3) is 2.61. The number of aryl methyl sites for hydroxylation is 1. The third-order valence-electron chi connectivity index (χ3n) is 3.74. The van der Waals surface area contributed by atoms with Gasteiger partial charge in [-0.05, 0) is 36.8 Å². The molecule has 0 unspecified atom stereocenters. The molecule has 0 aliphatic carbocycles. The molecule has 0 atom stereocenters. The van der Waals surface area contributed by atoms with Crippen LogP contribution in [0.4, 0.5) is 0 Å². The molecule has 0 bridgehead atoms. The summed E-state index contributed by atoms with van der Waals surface area (Å²) in [6.07, 6.45) is 3.30. The number of hydrogen-bond donors (Lipinski definition) is 1. The minimum Gasteiger partial charge on any atom is -0.486 e. The molecule has 24 heavy (non-hydrogen) atoms. The summed E-state index contributed by atoms with van der Waals surface area (Å²) in [5, 5.41) is 12.5. The first-order valence-corrected chi connectivity index (χ1v) is 7.72. The SMILES string of the molecule is Cc1cc(OCc2n[nH]c3ncccc23)c(-c2ccno2)cc1Cl. The molecule has 6 nitrogen and oxygen atoms in total. The van der Waals surface area contributed by atoms with Crippen molar-refractivity contribution in [3.05, 3.63) is 59.0 Å². The second-order valence-corrected chi connectivity index (χ2v) is 5.74. The number of H-pyrrole nitrogens is 1. The molecule has 1 N–H and O–H groups in total. The number of rotatable bonds is 4. The topological polar surface area (TPSA) is 76.8 Å².